The van der Waals surface area contributed by atoms with Gasteiger partial charge in [-0.25, -0.2) is 0 Å². The summed E-state index contributed by atoms with van der Waals surface area (Å²) in [6.45, 7) is 1.50. The molecule has 5 nitrogen and oxygen atoms in total. The number of thioether (sulfide) groups is 1. The van der Waals surface area contributed by atoms with Crippen LogP contribution in [0.3, 0.4) is 0 Å². The second-order valence-electron chi connectivity index (χ2n) is 6.07. The van der Waals surface area contributed by atoms with Crippen molar-refractivity contribution in [1.82, 2.24) is 4.90 Å². The van der Waals surface area contributed by atoms with Gasteiger partial charge in [0.25, 0.3) is 11.1 Å². The lowest BCUT2D eigenvalue weighted by Crippen LogP contribution is -2.36. The molecule has 28 heavy (non-hydrogen) atoms. The zero-order valence-corrected chi connectivity index (χ0v) is 16.6. The fourth-order valence-corrected chi connectivity index (χ4v) is 3.45. The number of aryl methyl sites for hydroxylation is 1. The molecule has 0 aromatic heterocycles. The van der Waals surface area contributed by atoms with Crippen LogP contribution in [-0.4, -0.2) is 28.5 Å². The molecule has 0 saturated carbocycles. The molecule has 2 aromatic rings. The van der Waals surface area contributed by atoms with Crippen LogP contribution >= 0.6 is 23.4 Å². The summed E-state index contributed by atoms with van der Waals surface area (Å²) >= 11 is 6.85. The van der Waals surface area contributed by atoms with E-state index >= 15 is 0 Å². The quantitative estimate of drug-likeness (QED) is 0.711. The summed E-state index contributed by atoms with van der Waals surface area (Å²) in [6, 6.07) is 14.7. The molecular weight excluding hydrogens is 396 g/mol. The Kier molecular flexibility index (Phi) is 6.34. The van der Waals surface area contributed by atoms with Gasteiger partial charge >= 0.3 is 0 Å². The molecule has 0 aliphatic carbocycles. The summed E-state index contributed by atoms with van der Waals surface area (Å²) in [5.41, 5.74) is 2.38. The Hall–Kier alpha value is -2.83. The number of halogens is 1. The standard InChI is InChI=1S/C21H17ClN2O3S/c1-14-10-11-16(12-17(14)22)23-19(25)13-24-20(26)18(28-21(24)27)9-5-8-15-6-3-2-4-7-15/h2-12H,13H2,1H3,(H,23,25)/b8-5-,18-9+. The normalized spacial score (nSPS) is 15.6. The van der Waals surface area contributed by atoms with Gasteiger partial charge in [0.2, 0.25) is 5.91 Å². The third kappa shape index (κ3) is 4.91. The first-order valence-electron chi connectivity index (χ1n) is 8.47. The van der Waals surface area contributed by atoms with Crippen LogP contribution in [0.5, 0.6) is 0 Å². The average molecular weight is 413 g/mol. The van der Waals surface area contributed by atoms with Crippen molar-refractivity contribution in [2.75, 3.05) is 11.9 Å². The second kappa shape index (κ2) is 8.91. The van der Waals surface area contributed by atoms with Gasteiger partial charge in [-0.05, 0) is 48.0 Å². The van der Waals surface area contributed by atoms with Gasteiger partial charge in [-0.2, -0.15) is 0 Å². The maximum Gasteiger partial charge on any atom is 0.294 e. The van der Waals surface area contributed by atoms with Crippen molar-refractivity contribution in [2.45, 2.75) is 6.92 Å². The third-order valence-corrected chi connectivity index (χ3v) is 5.30. The molecule has 0 atom stereocenters. The molecule has 3 rings (SSSR count). The molecule has 2 aromatic carbocycles. The molecule has 142 valence electrons. The smallest absolute Gasteiger partial charge is 0.294 e. The van der Waals surface area contributed by atoms with Crippen LogP contribution in [0.15, 0.2) is 65.6 Å². The molecule has 0 unspecified atom stereocenters. The van der Waals surface area contributed by atoms with Crippen molar-refractivity contribution in [2.24, 2.45) is 0 Å². The number of allylic oxidation sites excluding steroid dienone is 2. The molecule has 3 amide bonds. The van der Waals surface area contributed by atoms with E-state index in [0.29, 0.717) is 10.7 Å². The van der Waals surface area contributed by atoms with E-state index < -0.39 is 17.1 Å². The summed E-state index contributed by atoms with van der Waals surface area (Å²) in [6.07, 6.45) is 5.12. The van der Waals surface area contributed by atoms with Crippen molar-refractivity contribution >= 4 is 52.2 Å². The minimum absolute atomic E-state index is 0.281. The number of nitrogens with one attached hydrogen (secondary N) is 1. The van der Waals surface area contributed by atoms with Gasteiger partial charge in [-0.3, -0.25) is 19.3 Å². The van der Waals surface area contributed by atoms with Crippen molar-refractivity contribution in [3.8, 4) is 0 Å². The summed E-state index contributed by atoms with van der Waals surface area (Å²) < 4.78 is 0. The molecule has 1 saturated heterocycles. The van der Waals surface area contributed by atoms with E-state index in [2.05, 4.69) is 5.32 Å². The Morgan fingerprint density at radius 2 is 1.93 bits per heavy atom. The van der Waals surface area contributed by atoms with Crippen LogP contribution in [0.1, 0.15) is 11.1 Å². The lowest BCUT2D eigenvalue weighted by Gasteiger charge is -2.12. The minimum Gasteiger partial charge on any atom is -0.324 e. The molecule has 1 aliphatic rings. The average Bonchev–Trinajstić information content (AvgIpc) is 2.93. The molecule has 1 fully saturated rings. The topological polar surface area (TPSA) is 66.5 Å². The van der Waals surface area contributed by atoms with Gasteiger partial charge in [-0.1, -0.05) is 60.2 Å². The van der Waals surface area contributed by atoms with Crippen molar-refractivity contribution in [3.05, 3.63) is 81.7 Å². The first-order chi connectivity index (χ1) is 13.4. The molecule has 0 spiro atoms. The van der Waals surface area contributed by atoms with Crippen molar-refractivity contribution < 1.29 is 14.4 Å². The number of rotatable bonds is 5. The fourth-order valence-electron chi connectivity index (χ4n) is 2.48. The summed E-state index contributed by atoms with van der Waals surface area (Å²) in [7, 11) is 0. The molecule has 1 heterocycles. The molecule has 0 radical (unpaired) electrons. The molecular formula is C21H17ClN2O3S. The SMILES string of the molecule is Cc1ccc(NC(=O)CN2C(=O)S/C(=C/C=C\c3ccccc3)C2=O)cc1Cl. The number of imide groups is 1. The highest BCUT2D eigenvalue weighted by molar-refractivity contribution is 8.18. The predicted molar refractivity (Wildman–Crippen MR) is 113 cm³/mol. The van der Waals surface area contributed by atoms with E-state index in [4.69, 9.17) is 11.6 Å². The number of amides is 3. The van der Waals surface area contributed by atoms with E-state index in [-0.39, 0.29) is 11.4 Å². The fraction of sp³-hybridized carbons (Fsp3) is 0.0952. The number of hydrogen-bond acceptors (Lipinski definition) is 4. The van der Waals surface area contributed by atoms with Crippen LogP contribution in [0.2, 0.25) is 5.02 Å². The third-order valence-electron chi connectivity index (χ3n) is 3.97. The lowest BCUT2D eigenvalue weighted by atomic mass is 10.2. The van der Waals surface area contributed by atoms with Crippen molar-refractivity contribution in [1.29, 1.82) is 0 Å². The minimum atomic E-state index is -0.482. The van der Waals surface area contributed by atoms with Crippen LogP contribution < -0.4 is 5.32 Å². The second-order valence-corrected chi connectivity index (χ2v) is 7.47. The van der Waals surface area contributed by atoms with Gasteiger partial charge < -0.3 is 5.32 Å². The highest BCUT2D eigenvalue weighted by Gasteiger charge is 2.35. The number of carbonyl (C=O) groups excluding carboxylic acids is 3. The number of benzene rings is 2. The Balaban J connectivity index is 1.63. The number of hydrogen-bond donors (Lipinski definition) is 1. The van der Waals surface area contributed by atoms with Gasteiger partial charge in [0.15, 0.2) is 0 Å². The number of carbonyl (C=O) groups is 3. The predicted octanol–water partition coefficient (Wildman–Crippen LogP) is 4.88. The maximum absolute atomic E-state index is 12.4. The maximum atomic E-state index is 12.4. The Bertz CT molecular complexity index is 986. The summed E-state index contributed by atoms with van der Waals surface area (Å²) in [4.78, 5) is 38.0. The van der Waals surface area contributed by atoms with E-state index in [1.165, 1.54) is 0 Å². The Morgan fingerprint density at radius 3 is 2.64 bits per heavy atom. The van der Waals surface area contributed by atoms with E-state index in [1.54, 1.807) is 30.4 Å². The summed E-state index contributed by atoms with van der Waals surface area (Å²) in [5.74, 6) is -0.951. The van der Waals surface area contributed by atoms with Crippen LogP contribution in [-0.2, 0) is 9.59 Å². The van der Waals surface area contributed by atoms with Crippen LogP contribution in [0, 0.1) is 6.92 Å². The van der Waals surface area contributed by atoms with Gasteiger partial charge in [0, 0.05) is 10.7 Å². The van der Waals surface area contributed by atoms with Gasteiger partial charge in [0.1, 0.15) is 6.54 Å². The zero-order chi connectivity index (χ0) is 20.1. The van der Waals surface area contributed by atoms with E-state index in [1.807, 2.05) is 43.3 Å². The Morgan fingerprint density at radius 1 is 1.18 bits per heavy atom. The summed E-state index contributed by atoms with van der Waals surface area (Å²) in [5, 5.41) is 2.70. The van der Waals surface area contributed by atoms with E-state index in [9.17, 15) is 14.4 Å². The first-order valence-corrected chi connectivity index (χ1v) is 9.66. The van der Waals surface area contributed by atoms with Gasteiger partial charge in [-0.15, -0.1) is 0 Å². The number of nitrogens with zero attached hydrogens (tertiary/aromatic N) is 1. The monoisotopic (exact) mass is 412 g/mol. The Labute approximate surface area is 172 Å². The molecule has 7 heteroatoms. The van der Waals surface area contributed by atoms with Crippen LogP contribution in [0.25, 0.3) is 6.08 Å². The van der Waals surface area contributed by atoms with Gasteiger partial charge in [0.05, 0.1) is 4.91 Å². The lowest BCUT2D eigenvalue weighted by molar-refractivity contribution is -0.127. The zero-order valence-electron chi connectivity index (χ0n) is 15.0. The number of anilines is 1. The van der Waals surface area contributed by atoms with Crippen molar-refractivity contribution in [3.63, 3.8) is 0 Å². The van der Waals surface area contributed by atoms with E-state index in [0.717, 1.165) is 27.8 Å². The van der Waals surface area contributed by atoms with Crippen LogP contribution in [0.4, 0.5) is 10.5 Å². The largest absolute Gasteiger partial charge is 0.324 e. The highest BCUT2D eigenvalue weighted by atomic mass is 35.5. The molecule has 1 aliphatic heterocycles. The highest BCUT2D eigenvalue weighted by Crippen LogP contribution is 2.30. The molecule has 1 N–H and O–H groups in total. The first kappa shape index (κ1) is 19.9. The molecule has 0 bridgehead atoms.